The maximum Gasteiger partial charge on any atom is 0.227 e. The van der Waals surface area contributed by atoms with Crippen LogP contribution in [0.4, 0.5) is 0 Å². The van der Waals surface area contributed by atoms with Gasteiger partial charge in [0.15, 0.2) is 0 Å². The summed E-state index contributed by atoms with van der Waals surface area (Å²) in [6.45, 7) is 7.48. The molecule has 0 aliphatic carbocycles. The summed E-state index contributed by atoms with van der Waals surface area (Å²) in [5.74, 6) is 0.995. The number of aryl methyl sites for hydroxylation is 2. The molecule has 1 amide bonds. The Morgan fingerprint density at radius 1 is 1.26 bits per heavy atom. The van der Waals surface area contributed by atoms with E-state index < -0.39 is 0 Å². The first-order chi connectivity index (χ1) is 9.11. The first kappa shape index (κ1) is 13.9. The lowest BCUT2D eigenvalue weighted by molar-refractivity contribution is -0.131. The Balaban J connectivity index is 2.13. The molecule has 1 aromatic rings. The van der Waals surface area contributed by atoms with Crippen molar-refractivity contribution in [2.45, 2.75) is 20.3 Å². The van der Waals surface area contributed by atoms with Crippen LogP contribution in [0, 0.1) is 13.8 Å². The number of ether oxygens (including phenoxy) is 1. The molecule has 2 rings (SSSR count). The maximum absolute atomic E-state index is 12.3. The molecule has 1 fully saturated rings. The predicted molar refractivity (Wildman–Crippen MR) is 75.6 cm³/mol. The molecule has 0 saturated carbocycles. The highest BCUT2D eigenvalue weighted by Gasteiger charge is 2.18. The van der Waals surface area contributed by atoms with Gasteiger partial charge in [-0.25, -0.2) is 0 Å². The van der Waals surface area contributed by atoms with E-state index in [0.29, 0.717) is 6.42 Å². The van der Waals surface area contributed by atoms with Crippen LogP contribution in [0.15, 0.2) is 12.1 Å². The molecule has 1 aliphatic rings. The van der Waals surface area contributed by atoms with Gasteiger partial charge in [-0.05, 0) is 31.0 Å². The van der Waals surface area contributed by atoms with Gasteiger partial charge in [-0.15, -0.1) is 0 Å². The SMILES string of the molecule is COc1cc(C)c(C)cc1CC(=O)N1CCNCC1. The van der Waals surface area contributed by atoms with Gasteiger partial charge in [0.1, 0.15) is 5.75 Å². The van der Waals surface area contributed by atoms with E-state index in [2.05, 4.69) is 25.2 Å². The minimum Gasteiger partial charge on any atom is -0.496 e. The van der Waals surface area contributed by atoms with Crippen LogP contribution >= 0.6 is 0 Å². The molecule has 4 heteroatoms. The van der Waals surface area contributed by atoms with Crippen LogP contribution < -0.4 is 10.1 Å². The molecule has 0 bridgehead atoms. The van der Waals surface area contributed by atoms with Gasteiger partial charge < -0.3 is 15.0 Å². The smallest absolute Gasteiger partial charge is 0.227 e. The first-order valence-electron chi connectivity index (χ1n) is 6.74. The molecule has 0 unspecified atom stereocenters. The lowest BCUT2D eigenvalue weighted by atomic mass is 10.0. The minimum atomic E-state index is 0.183. The Labute approximate surface area is 114 Å². The van der Waals surface area contributed by atoms with Crippen LogP contribution in [0.5, 0.6) is 5.75 Å². The molecule has 0 spiro atoms. The largest absolute Gasteiger partial charge is 0.496 e. The highest BCUT2D eigenvalue weighted by molar-refractivity contribution is 5.79. The molecule has 104 valence electrons. The maximum atomic E-state index is 12.3. The molecular weight excluding hydrogens is 240 g/mol. The summed E-state index contributed by atoms with van der Waals surface area (Å²) in [5, 5.41) is 3.25. The van der Waals surface area contributed by atoms with Crippen LogP contribution in [0.25, 0.3) is 0 Å². The van der Waals surface area contributed by atoms with E-state index in [1.54, 1.807) is 7.11 Å². The van der Waals surface area contributed by atoms with Crippen molar-refractivity contribution < 1.29 is 9.53 Å². The molecule has 0 radical (unpaired) electrons. The van der Waals surface area contributed by atoms with E-state index in [1.165, 1.54) is 11.1 Å². The van der Waals surface area contributed by atoms with Crippen LogP contribution in [-0.2, 0) is 11.2 Å². The third-order valence-electron chi connectivity index (χ3n) is 3.71. The number of methoxy groups -OCH3 is 1. The minimum absolute atomic E-state index is 0.183. The molecule has 1 heterocycles. The topological polar surface area (TPSA) is 41.6 Å². The van der Waals surface area contributed by atoms with Gasteiger partial charge in [-0.1, -0.05) is 6.07 Å². The zero-order chi connectivity index (χ0) is 13.8. The second-order valence-electron chi connectivity index (χ2n) is 5.06. The normalized spacial score (nSPS) is 15.4. The molecular formula is C15H22N2O2. The van der Waals surface area contributed by atoms with E-state index in [4.69, 9.17) is 4.74 Å². The fraction of sp³-hybridized carbons (Fsp3) is 0.533. The molecule has 1 aliphatic heterocycles. The third kappa shape index (κ3) is 3.26. The highest BCUT2D eigenvalue weighted by atomic mass is 16.5. The molecule has 0 aromatic heterocycles. The number of amides is 1. The van der Waals surface area contributed by atoms with Gasteiger partial charge in [0.05, 0.1) is 13.5 Å². The Morgan fingerprint density at radius 2 is 1.89 bits per heavy atom. The number of carbonyl (C=O) groups excluding carboxylic acids is 1. The van der Waals surface area contributed by atoms with Crippen molar-refractivity contribution in [3.05, 3.63) is 28.8 Å². The predicted octanol–water partition coefficient (Wildman–Crippen LogP) is 1.29. The standard InChI is InChI=1S/C15H22N2O2/c1-11-8-13(14(19-3)9-12(11)2)10-15(18)17-6-4-16-5-7-17/h8-9,16H,4-7,10H2,1-3H3. The third-order valence-corrected chi connectivity index (χ3v) is 3.71. The Bertz CT molecular complexity index is 465. The summed E-state index contributed by atoms with van der Waals surface area (Å²) in [4.78, 5) is 14.2. The summed E-state index contributed by atoms with van der Waals surface area (Å²) in [6, 6.07) is 4.07. The number of piperazine rings is 1. The Morgan fingerprint density at radius 3 is 2.53 bits per heavy atom. The van der Waals surface area contributed by atoms with Crippen molar-refractivity contribution in [1.82, 2.24) is 10.2 Å². The highest BCUT2D eigenvalue weighted by Crippen LogP contribution is 2.24. The average molecular weight is 262 g/mol. The van der Waals surface area contributed by atoms with Crippen molar-refractivity contribution in [2.75, 3.05) is 33.3 Å². The first-order valence-corrected chi connectivity index (χ1v) is 6.74. The van der Waals surface area contributed by atoms with Gasteiger partial charge in [-0.2, -0.15) is 0 Å². The second-order valence-corrected chi connectivity index (χ2v) is 5.06. The van der Waals surface area contributed by atoms with Gasteiger partial charge in [0, 0.05) is 31.7 Å². The van der Waals surface area contributed by atoms with Crippen LogP contribution in [0.3, 0.4) is 0 Å². The van der Waals surface area contributed by atoms with E-state index in [9.17, 15) is 4.79 Å². The van der Waals surface area contributed by atoms with E-state index >= 15 is 0 Å². The van der Waals surface area contributed by atoms with E-state index in [0.717, 1.165) is 37.5 Å². The fourth-order valence-electron chi connectivity index (χ4n) is 2.37. The number of hydrogen-bond donors (Lipinski definition) is 1. The molecule has 0 atom stereocenters. The van der Waals surface area contributed by atoms with Crippen molar-refractivity contribution in [2.24, 2.45) is 0 Å². The van der Waals surface area contributed by atoms with Crippen molar-refractivity contribution >= 4 is 5.91 Å². The number of hydrogen-bond acceptors (Lipinski definition) is 3. The zero-order valence-corrected chi connectivity index (χ0v) is 12.0. The molecule has 19 heavy (non-hydrogen) atoms. The Kier molecular flexibility index (Phi) is 4.43. The summed E-state index contributed by atoms with van der Waals surface area (Å²) in [6.07, 6.45) is 0.421. The van der Waals surface area contributed by atoms with Crippen LogP contribution in [0.1, 0.15) is 16.7 Å². The molecule has 1 aromatic carbocycles. The zero-order valence-electron chi connectivity index (χ0n) is 12.0. The molecule has 1 N–H and O–H groups in total. The summed E-state index contributed by atoms with van der Waals surface area (Å²) in [7, 11) is 1.66. The Hall–Kier alpha value is -1.55. The number of nitrogens with zero attached hydrogens (tertiary/aromatic N) is 1. The van der Waals surface area contributed by atoms with Crippen molar-refractivity contribution in [3.8, 4) is 5.75 Å². The fourth-order valence-corrected chi connectivity index (χ4v) is 2.37. The van der Waals surface area contributed by atoms with E-state index in [-0.39, 0.29) is 5.91 Å². The van der Waals surface area contributed by atoms with Crippen molar-refractivity contribution in [1.29, 1.82) is 0 Å². The monoisotopic (exact) mass is 262 g/mol. The number of rotatable bonds is 3. The van der Waals surface area contributed by atoms with Gasteiger partial charge in [0.2, 0.25) is 5.91 Å². The number of nitrogens with one attached hydrogen (secondary N) is 1. The molecule has 1 saturated heterocycles. The summed E-state index contributed by atoms with van der Waals surface area (Å²) in [5.41, 5.74) is 3.37. The quantitative estimate of drug-likeness (QED) is 0.892. The van der Waals surface area contributed by atoms with Gasteiger partial charge >= 0.3 is 0 Å². The number of carbonyl (C=O) groups is 1. The van der Waals surface area contributed by atoms with Crippen LogP contribution in [0.2, 0.25) is 0 Å². The summed E-state index contributed by atoms with van der Waals surface area (Å²) >= 11 is 0. The second kappa shape index (κ2) is 6.06. The number of benzene rings is 1. The molecule has 4 nitrogen and oxygen atoms in total. The van der Waals surface area contributed by atoms with Crippen molar-refractivity contribution in [3.63, 3.8) is 0 Å². The average Bonchev–Trinajstić information content (AvgIpc) is 2.43. The lowest BCUT2D eigenvalue weighted by Crippen LogP contribution is -2.46. The summed E-state index contributed by atoms with van der Waals surface area (Å²) < 4.78 is 5.39. The lowest BCUT2D eigenvalue weighted by Gasteiger charge is -2.27. The van der Waals surface area contributed by atoms with E-state index in [1.807, 2.05) is 11.0 Å². The van der Waals surface area contributed by atoms with Gasteiger partial charge in [0.25, 0.3) is 0 Å². The van der Waals surface area contributed by atoms with Crippen LogP contribution in [-0.4, -0.2) is 44.1 Å². The van der Waals surface area contributed by atoms with Gasteiger partial charge in [-0.3, -0.25) is 4.79 Å².